The smallest absolute Gasteiger partial charge is 0.343 e. The van der Waals surface area contributed by atoms with E-state index in [4.69, 9.17) is 18.9 Å². The second kappa shape index (κ2) is 11.8. The predicted molar refractivity (Wildman–Crippen MR) is 128 cm³/mol. The van der Waals surface area contributed by atoms with E-state index in [1.807, 2.05) is 0 Å². The van der Waals surface area contributed by atoms with Gasteiger partial charge in [-0.25, -0.2) is 10.2 Å². The number of nitrogens with one attached hydrogen (secondary N) is 2. The average molecular weight is 477 g/mol. The van der Waals surface area contributed by atoms with Crippen molar-refractivity contribution in [2.45, 2.75) is 0 Å². The number of carbonyl (C=O) groups is 3. The molecule has 0 unspecified atom stereocenters. The Bertz CT molecular complexity index is 1240. The lowest BCUT2D eigenvalue weighted by Crippen LogP contribution is -2.32. The highest BCUT2D eigenvalue weighted by atomic mass is 16.6. The van der Waals surface area contributed by atoms with Crippen molar-refractivity contribution >= 4 is 29.7 Å². The van der Waals surface area contributed by atoms with Gasteiger partial charge in [0.05, 0.1) is 33.1 Å². The highest BCUT2D eigenvalue weighted by Crippen LogP contribution is 2.28. The van der Waals surface area contributed by atoms with Crippen LogP contribution in [0.15, 0.2) is 71.8 Å². The molecule has 3 rings (SSSR count). The number of anilines is 1. The molecule has 0 aliphatic heterocycles. The molecule has 0 bridgehead atoms. The third kappa shape index (κ3) is 6.81. The van der Waals surface area contributed by atoms with E-state index in [9.17, 15) is 14.4 Å². The molecule has 0 spiro atoms. The van der Waals surface area contributed by atoms with Gasteiger partial charge in [-0.15, -0.1) is 0 Å². The van der Waals surface area contributed by atoms with Gasteiger partial charge in [-0.2, -0.15) is 5.10 Å². The number of carbonyl (C=O) groups excluding carboxylic acids is 3. The van der Waals surface area contributed by atoms with Crippen LogP contribution in [0.5, 0.6) is 23.0 Å². The maximum Gasteiger partial charge on any atom is 0.343 e. The standard InChI is InChI=1S/C25H23N3O7/c1-32-19-10-8-17(9-11-19)25(31)35-21-12-7-16(13-22(21)34-3)15-26-28-24(30)23(29)27-18-5-4-6-20(14-18)33-2/h4-15H,1-3H3,(H,27,29)(H,28,30)/b26-15-. The molecule has 0 fully saturated rings. The Morgan fingerprint density at radius 2 is 1.51 bits per heavy atom. The van der Waals surface area contributed by atoms with Crippen LogP contribution in [-0.4, -0.2) is 45.3 Å². The zero-order chi connectivity index (χ0) is 25.2. The summed E-state index contributed by atoms with van der Waals surface area (Å²) in [5.41, 5.74) is 3.42. The van der Waals surface area contributed by atoms with Crippen molar-refractivity contribution in [1.29, 1.82) is 0 Å². The number of esters is 1. The first-order chi connectivity index (χ1) is 16.9. The molecule has 0 aliphatic rings. The van der Waals surface area contributed by atoms with Crippen LogP contribution in [0.3, 0.4) is 0 Å². The van der Waals surface area contributed by atoms with Crippen LogP contribution in [0.1, 0.15) is 15.9 Å². The van der Waals surface area contributed by atoms with E-state index in [0.717, 1.165) is 0 Å². The molecule has 0 atom stereocenters. The minimum atomic E-state index is -0.957. The van der Waals surface area contributed by atoms with Gasteiger partial charge in [0, 0.05) is 11.8 Å². The molecule has 2 N–H and O–H groups in total. The summed E-state index contributed by atoms with van der Waals surface area (Å²) in [7, 11) is 4.45. The molecule has 35 heavy (non-hydrogen) atoms. The Hall–Kier alpha value is -4.86. The van der Waals surface area contributed by atoms with E-state index < -0.39 is 17.8 Å². The highest BCUT2D eigenvalue weighted by molar-refractivity contribution is 6.39. The van der Waals surface area contributed by atoms with Crippen LogP contribution >= 0.6 is 0 Å². The zero-order valence-corrected chi connectivity index (χ0v) is 19.2. The lowest BCUT2D eigenvalue weighted by molar-refractivity contribution is -0.136. The van der Waals surface area contributed by atoms with Crippen molar-refractivity contribution in [3.63, 3.8) is 0 Å². The third-order valence-corrected chi connectivity index (χ3v) is 4.63. The van der Waals surface area contributed by atoms with Gasteiger partial charge in [-0.05, 0) is 60.2 Å². The number of hydrazone groups is 1. The maximum absolute atomic E-state index is 12.4. The fourth-order valence-corrected chi connectivity index (χ4v) is 2.84. The summed E-state index contributed by atoms with van der Waals surface area (Å²) in [5.74, 6) is -0.789. The number of rotatable bonds is 8. The number of benzene rings is 3. The van der Waals surface area contributed by atoms with Gasteiger partial charge in [0.25, 0.3) is 0 Å². The second-order valence-electron chi connectivity index (χ2n) is 6.91. The molecule has 0 aromatic heterocycles. The maximum atomic E-state index is 12.4. The molecule has 2 amide bonds. The molecule has 10 nitrogen and oxygen atoms in total. The molecule has 0 heterocycles. The SMILES string of the molecule is COc1ccc(C(=O)Oc2ccc(/C=N\NC(=O)C(=O)Nc3cccc(OC)c3)cc2OC)cc1. The van der Waals surface area contributed by atoms with Crippen molar-refractivity contribution in [1.82, 2.24) is 5.43 Å². The third-order valence-electron chi connectivity index (χ3n) is 4.63. The summed E-state index contributed by atoms with van der Waals surface area (Å²) in [5, 5.41) is 6.23. The molecular formula is C25H23N3O7. The van der Waals surface area contributed by atoms with Crippen LogP contribution in [0.2, 0.25) is 0 Å². The molecule has 0 saturated heterocycles. The van der Waals surface area contributed by atoms with Gasteiger partial charge in [-0.3, -0.25) is 9.59 Å². The van der Waals surface area contributed by atoms with Gasteiger partial charge < -0.3 is 24.3 Å². The van der Waals surface area contributed by atoms with Gasteiger partial charge in [0.15, 0.2) is 11.5 Å². The summed E-state index contributed by atoms with van der Waals surface area (Å²) in [6.07, 6.45) is 1.31. The van der Waals surface area contributed by atoms with Crippen molar-refractivity contribution in [3.8, 4) is 23.0 Å². The zero-order valence-electron chi connectivity index (χ0n) is 19.2. The van der Waals surface area contributed by atoms with Crippen molar-refractivity contribution in [2.75, 3.05) is 26.6 Å². The largest absolute Gasteiger partial charge is 0.497 e. The Morgan fingerprint density at radius 1 is 0.771 bits per heavy atom. The predicted octanol–water partition coefficient (Wildman–Crippen LogP) is 3.02. The van der Waals surface area contributed by atoms with Crippen LogP contribution in [0.25, 0.3) is 0 Å². The number of hydrogen-bond acceptors (Lipinski definition) is 8. The van der Waals surface area contributed by atoms with Crippen LogP contribution in [0, 0.1) is 0 Å². The number of nitrogens with zero attached hydrogens (tertiary/aromatic N) is 1. The first kappa shape index (κ1) is 24.8. The fourth-order valence-electron chi connectivity index (χ4n) is 2.84. The molecule has 0 saturated carbocycles. The highest BCUT2D eigenvalue weighted by Gasteiger charge is 2.14. The van der Waals surface area contributed by atoms with E-state index in [-0.39, 0.29) is 11.5 Å². The van der Waals surface area contributed by atoms with Crippen molar-refractivity contribution < 1.29 is 33.3 Å². The van der Waals surface area contributed by atoms with E-state index in [1.165, 1.54) is 33.6 Å². The van der Waals surface area contributed by atoms with Gasteiger partial charge in [-0.1, -0.05) is 6.07 Å². The average Bonchev–Trinajstić information content (AvgIpc) is 2.89. The lowest BCUT2D eigenvalue weighted by Gasteiger charge is -2.10. The number of amides is 2. The first-order valence-corrected chi connectivity index (χ1v) is 10.3. The molecule has 3 aromatic rings. The Balaban J connectivity index is 1.59. The minimum Gasteiger partial charge on any atom is -0.497 e. The van der Waals surface area contributed by atoms with Crippen LogP contribution in [-0.2, 0) is 9.59 Å². The monoisotopic (exact) mass is 477 g/mol. The Kier molecular flexibility index (Phi) is 8.38. The van der Waals surface area contributed by atoms with E-state index in [2.05, 4.69) is 15.8 Å². The number of ether oxygens (including phenoxy) is 4. The molecule has 10 heteroatoms. The van der Waals surface area contributed by atoms with Crippen LogP contribution in [0.4, 0.5) is 5.69 Å². The summed E-state index contributed by atoms with van der Waals surface area (Å²) in [6, 6.07) is 17.7. The molecule has 0 aliphatic carbocycles. The second-order valence-corrected chi connectivity index (χ2v) is 6.91. The molecule has 0 radical (unpaired) electrons. The van der Waals surface area contributed by atoms with E-state index in [1.54, 1.807) is 60.7 Å². The minimum absolute atomic E-state index is 0.201. The van der Waals surface area contributed by atoms with Crippen molar-refractivity contribution in [3.05, 3.63) is 77.9 Å². The van der Waals surface area contributed by atoms with E-state index >= 15 is 0 Å². The van der Waals surface area contributed by atoms with Gasteiger partial charge in [0.2, 0.25) is 0 Å². The summed E-state index contributed by atoms with van der Waals surface area (Å²) >= 11 is 0. The molecular weight excluding hydrogens is 454 g/mol. The van der Waals surface area contributed by atoms with Crippen LogP contribution < -0.4 is 29.7 Å². The molecule has 3 aromatic carbocycles. The molecule has 180 valence electrons. The van der Waals surface area contributed by atoms with E-state index in [0.29, 0.717) is 28.3 Å². The quantitative estimate of drug-likeness (QED) is 0.168. The number of methoxy groups -OCH3 is 3. The van der Waals surface area contributed by atoms with Gasteiger partial charge in [0.1, 0.15) is 11.5 Å². The summed E-state index contributed by atoms with van der Waals surface area (Å²) in [4.78, 5) is 36.5. The summed E-state index contributed by atoms with van der Waals surface area (Å²) in [6.45, 7) is 0. The number of hydrogen-bond donors (Lipinski definition) is 2. The first-order valence-electron chi connectivity index (χ1n) is 10.3. The Labute approximate surface area is 201 Å². The fraction of sp³-hybridized carbons (Fsp3) is 0.120. The normalized spacial score (nSPS) is 10.4. The topological polar surface area (TPSA) is 125 Å². The van der Waals surface area contributed by atoms with Gasteiger partial charge >= 0.3 is 17.8 Å². The lowest BCUT2D eigenvalue weighted by atomic mass is 10.2. The van der Waals surface area contributed by atoms with Crippen molar-refractivity contribution in [2.24, 2.45) is 5.10 Å². The Morgan fingerprint density at radius 3 is 2.20 bits per heavy atom. The summed E-state index contributed by atoms with van der Waals surface area (Å²) < 4.78 is 20.9.